The van der Waals surface area contributed by atoms with Gasteiger partial charge in [-0.1, -0.05) is 53.7 Å². The van der Waals surface area contributed by atoms with Crippen molar-refractivity contribution in [1.82, 2.24) is 0 Å². The molecule has 33 heavy (non-hydrogen) atoms. The van der Waals surface area contributed by atoms with Crippen LogP contribution >= 0.6 is 0 Å². The number of aliphatic carboxylic acids is 1. The molecule has 0 aromatic rings. The lowest BCUT2D eigenvalue weighted by Gasteiger charge is -2.71. The van der Waals surface area contributed by atoms with E-state index in [-0.39, 0.29) is 34.2 Å². The molecule has 3 heteroatoms. The van der Waals surface area contributed by atoms with Crippen molar-refractivity contribution in [3.63, 3.8) is 0 Å². The average molecular weight is 459 g/mol. The van der Waals surface area contributed by atoms with Gasteiger partial charge < -0.3 is 10.2 Å². The molecule has 0 aliphatic heterocycles. The summed E-state index contributed by atoms with van der Waals surface area (Å²) < 4.78 is 0. The van der Waals surface area contributed by atoms with Gasteiger partial charge in [0.15, 0.2) is 0 Å². The summed E-state index contributed by atoms with van der Waals surface area (Å²) >= 11 is 0. The van der Waals surface area contributed by atoms with E-state index >= 15 is 0 Å². The molecular formula is C30H50O3. The first kappa shape index (κ1) is 25.3. The fraction of sp³-hybridized carbons (Fsp3) is 0.900. The minimum atomic E-state index is -0.662. The lowest BCUT2D eigenvalue weighted by molar-refractivity contribution is -0.243. The molecule has 10 unspecified atom stereocenters. The maximum atomic E-state index is 11.7. The van der Waals surface area contributed by atoms with Crippen LogP contribution in [0.15, 0.2) is 12.2 Å². The number of carboxylic acid groups (broad SMARTS) is 1. The molecule has 3 nitrogen and oxygen atoms in total. The van der Waals surface area contributed by atoms with Gasteiger partial charge in [0, 0.05) is 6.42 Å². The minimum Gasteiger partial charge on any atom is -0.481 e. The van der Waals surface area contributed by atoms with Crippen LogP contribution in [0.25, 0.3) is 0 Å². The standard InChI is InChI=1S/C30H50O3/c1-18(2)20-11-14-28(6)24(31)17-30(8)22(26(20)28)9-10-23-27(5,15-13-25(32)33)21(19(3)4)12-16-29(23,30)7/h19-24,26,31H,1,9-17H2,2-8H3,(H,32,33). The monoisotopic (exact) mass is 458 g/mol. The van der Waals surface area contributed by atoms with Gasteiger partial charge in [0.2, 0.25) is 0 Å². The van der Waals surface area contributed by atoms with Gasteiger partial charge >= 0.3 is 5.97 Å². The van der Waals surface area contributed by atoms with E-state index < -0.39 is 5.97 Å². The molecule has 0 bridgehead atoms. The second-order valence-electron chi connectivity index (χ2n) is 14.1. The molecule has 4 aliphatic carbocycles. The van der Waals surface area contributed by atoms with Crippen molar-refractivity contribution in [2.45, 2.75) is 112 Å². The third-order valence-corrected chi connectivity index (χ3v) is 12.6. The fourth-order valence-electron chi connectivity index (χ4n) is 10.7. The summed E-state index contributed by atoms with van der Waals surface area (Å²) in [5, 5.41) is 21.3. The Labute approximate surface area is 202 Å². The molecule has 0 heterocycles. The maximum absolute atomic E-state index is 11.7. The Kier molecular flexibility index (Phi) is 6.21. The Morgan fingerprint density at radius 3 is 2.27 bits per heavy atom. The quantitative estimate of drug-likeness (QED) is 0.424. The van der Waals surface area contributed by atoms with Gasteiger partial charge in [-0.3, -0.25) is 4.79 Å². The van der Waals surface area contributed by atoms with Crippen molar-refractivity contribution in [3.8, 4) is 0 Å². The number of aliphatic hydroxyl groups is 1. The Morgan fingerprint density at radius 2 is 1.70 bits per heavy atom. The second-order valence-corrected chi connectivity index (χ2v) is 14.1. The summed E-state index contributed by atoms with van der Waals surface area (Å²) in [5.41, 5.74) is 1.59. The molecule has 0 amide bonds. The lowest BCUT2D eigenvalue weighted by Crippen LogP contribution is -2.66. The number of hydrogen-bond donors (Lipinski definition) is 2. The van der Waals surface area contributed by atoms with E-state index in [1.54, 1.807) is 0 Å². The molecule has 2 N–H and O–H groups in total. The minimum absolute atomic E-state index is 0.0126. The molecule has 4 saturated carbocycles. The van der Waals surface area contributed by atoms with Gasteiger partial charge in [-0.25, -0.2) is 0 Å². The molecule has 4 rings (SSSR count). The van der Waals surface area contributed by atoms with Crippen LogP contribution < -0.4 is 0 Å². The van der Waals surface area contributed by atoms with Gasteiger partial charge in [0.25, 0.3) is 0 Å². The number of carbonyl (C=O) groups is 1. The molecule has 0 aromatic heterocycles. The molecule has 0 aromatic carbocycles. The normalized spacial score (nSPS) is 51.5. The van der Waals surface area contributed by atoms with Crippen LogP contribution in [0.5, 0.6) is 0 Å². The molecule has 0 saturated heterocycles. The van der Waals surface area contributed by atoms with E-state index in [0.29, 0.717) is 35.5 Å². The van der Waals surface area contributed by atoms with E-state index in [2.05, 4.69) is 55.0 Å². The molecular weight excluding hydrogens is 408 g/mol. The zero-order valence-electron chi connectivity index (χ0n) is 22.4. The smallest absolute Gasteiger partial charge is 0.303 e. The van der Waals surface area contributed by atoms with E-state index in [1.807, 2.05) is 0 Å². The van der Waals surface area contributed by atoms with Crippen LogP contribution in [-0.4, -0.2) is 22.3 Å². The number of hydrogen-bond acceptors (Lipinski definition) is 2. The molecule has 10 atom stereocenters. The van der Waals surface area contributed by atoms with Crippen molar-refractivity contribution in [2.24, 2.45) is 57.2 Å². The van der Waals surface area contributed by atoms with E-state index in [0.717, 1.165) is 19.3 Å². The van der Waals surface area contributed by atoms with Gasteiger partial charge in [-0.2, -0.15) is 0 Å². The maximum Gasteiger partial charge on any atom is 0.303 e. The molecule has 0 spiro atoms. The van der Waals surface area contributed by atoms with Gasteiger partial charge in [0.05, 0.1) is 6.10 Å². The third-order valence-electron chi connectivity index (χ3n) is 12.6. The summed E-state index contributed by atoms with van der Waals surface area (Å²) in [4.78, 5) is 11.7. The summed E-state index contributed by atoms with van der Waals surface area (Å²) in [5.74, 6) is 2.67. The molecule has 4 aliphatic rings. The molecule has 4 fully saturated rings. The predicted molar refractivity (Wildman–Crippen MR) is 135 cm³/mol. The van der Waals surface area contributed by atoms with E-state index in [1.165, 1.54) is 37.7 Å². The Bertz CT molecular complexity index is 802. The Balaban J connectivity index is 1.77. The van der Waals surface area contributed by atoms with Crippen LogP contribution in [0.3, 0.4) is 0 Å². The topological polar surface area (TPSA) is 57.5 Å². The van der Waals surface area contributed by atoms with E-state index in [4.69, 9.17) is 0 Å². The predicted octanol–water partition coefficient (Wildman–Crippen LogP) is 7.34. The lowest BCUT2D eigenvalue weighted by atomic mass is 9.33. The highest BCUT2D eigenvalue weighted by Gasteiger charge is 2.70. The van der Waals surface area contributed by atoms with Crippen LogP contribution in [0.4, 0.5) is 0 Å². The highest BCUT2D eigenvalue weighted by atomic mass is 16.4. The van der Waals surface area contributed by atoms with Crippen molar-refractivity contribution in [3.05, 3.63) is 12.2 Å². The summed E-state index contributed by atoms with van der Waals surface area (Å²) in [6, 6.07) is 0. The van der Waals surface area contributed by atoms with Crippen molar-refractivity contribution in [1.29, 1.82) is 0 Å². The average Bonchev–Trinajstić information content (AvgIpc) is 3.07. The van der Waals surface area contributed by atoms with Crippen LogP contribution in [0.1, 0.15) is 106 Å². The van der Waals surface area contributed by atoms with Crippen LogP contribution in [0, 0.1) is 57.2 Å². The molecule has 0 radical (unpaired) electrons. The first-order valence-electron chi connectivity index (χ1n) is 13.8. The van der Waals surface area contributed by atoms with Gasteiger partial charge in [-0.15, -0.1) is 0 Å². The number of aliphatic hydroxyl groups excluding tert-OH is 1. The largest absolute Gasteiger partial charge is 0.481 e. The first-order valence-corrected chi connectivity index (χ1v) is 13.8. The Morgan fingerprint density at radius 1 is 1.03 bits per heavy atom. The summed E-state index contributed by atoms with van der Waals surface area (Å²) in [7, 11) is 0. The summed E-state index contributed by atoms with van der Waals surface area (Å²) in [6.07, 6.45) is 8.83. The molecule has 188 valence electrons. The van der Waals surface area contributed by atoms with Crippen molar-refractivity contribution >= 4 is 5.97 Å². The fourth-order valence-corrected chi connectivity index (χ4v) is 10.7. The second kappa shape index (κ2) is 8.10. The van der Waals surface area contributed by atoms with Gasteiger partial charge in [0.1, 0.15) is 0 Å². The van der Waals surface area contributed by atoms with Crippen molar-refractivity contribution < 1.29 is 15.0 Å². The number of rotatable bonds is 5. The third kappa shape index (κ3) is 3.41. The SMILES string of the molecule is C=C(C)C1CCC2(C)C(O)CC3(C)C(CCC4C(C)(CCC(=O)O)C(C(C)C)CCC43C)C12. The highest BCUT2D eigenvalue weighted by molar-refractivity contribution is 5.66. The zero-order valence-corrected chi connectivity index (χ0v) is 22.4. The highest BCUT2D eigenvalue weighted by Crippen LogP contribution is 2.76. The number of carboxylic acids is 1. The Hall–Kier alpha value is -0.830. The van der Waals surface area contributed by atoms with E-state index in [9.17, 15) is 15.0 Å². The number of fused-ring (bicyclic) bond motifs is 5. The number of allylic oxidation sites excluding steroid dienone is 1. The summed E-state index contributed by atoms with van der Waals surface area (Å²) in [6.45, 7) is 21.1. The zero-order chi connectivity index (χ0) is 24.6. The van der Waals surface area contributed by atoms with Crippen LogP contribution in [-0.2, 0) is 4.79 Å². The van der Waals surface area contributed by atoms with Crippen molar-refractivity contribution in [2.75, 3.05) is 0 Å². The van der Waals surface area contributed by atoms with Gasteiger partial charge in [-0.05, 0) is 115 Å². The first-order chi connectivity index (χ1) is 15.2. The van der Waals surface area contributed by atoms with Crippen LogP contribution in [0.2, 0.25) is 0 Å².